The number of carboxylic acid groups (broad SMARTS) is 1. The van der Waals surface area contributed by atoms with E-state index in [4.69, 9.17) is 0 Å². The Morgan fingerprint density at radius 2 is 1.34 bits per heavy atom. The van der Waals surface area contributed by atoms with Crippen molar-refractivity contribution in [2.45, 2.75) is 19.3 Å². The molecule has 0 aliphatic heterocycles. The van der Waals surface area contributed by atoms with Gasteiger partial charge in [-0.3, -0.25) is 0 Å². The highest BCUT2D eigenvalue weighted by Crippen LogP contribution is 2.50. The zero-order valence-corrected chi connectivity index (χ0v) is 19.7. The minimum atomic E-state index is -0.926. The number of aromatic carboxylic acids is 1. The van der Waals surface area contributed by atoms with Crippen molar-refractivity contribution in [3.05, 3.63) is 126 Å². The van der Waals surface area contributed by atoms with Gasteiger partial charge in [0, 0.05) is 22.2 Å². The number of anilines is 3. The van der Waals surface area contributed by atoms with Gasteiger partial charge in [0.1, 0.15) is 0 Å². The molecule has 1 N–H and O–H groups in total. The van der Waals surface area contributed by atoms with Gasteiger partial charge in [0.25, 0.3) is 0 Å². The molecule has 1 aliphatic carbocycles. The number of benzene rings is 5. The van der Waals surface area contributed by atoms with Crippen LogP contribution in [0.4, 0.5) is 17.1 Å². The van der Waals surface area contributed by atoms with Crippen LogP contribution in [-0.4, -0.2) is 11.1 Å². The van der Waals surface area contributed by atoms with Gasteiger partial charge in [0.15, 0.2) is 0 Å². The molecule has 0 aromatic heterocycles. The Bertz CT molecular complexity index is 1590. The first-order chi connectivity index (χ1) is 16.9. The molecule has 6 rings (SSSR count). The lowest BCUT2D eigenvalue weighted by molar-refractivity contribution is 0.0697. The minimum absolute atomic E-state index is 0.112. The summed E-state index contributed by atoms with van der Waals surface area (Å²) in [5.41, 5.74) is 8.38. The Kier molecular flexibility index (Phi) is 4.75. The molecule has 0 atom stereocenters. The van der Waals surface area contributed by atoms with Gasteiger partial charge in [-0.25, -0.2) is 4.79 Å². The summed E-state index contributed by atoms with van der Waals surface area (Å²) in [5, 5.41) is 11.7. The molecule has 1 aliphatic rings. The van der Waals surface area contributed by atoms with Gasteiger partial charge in [0.05, 0.1) is 11.3 Å². The molecule has 0 spiro atoms. The normalized spacial score (nSPS) is 13.3. The first-order valence-electron chi connectivity index (χ1n) is 11.8. The van der Waals surface area contributed by atoms with Crippen molar-refractivity contribution in [2.75, 3.05) is 4.90 Å². The van der Waals surface area contributed by atoms with Crippen molar-refractivity contribution in [2.24, 2.45) is 0 Å². The lowest BCUT2D eigenvalue weighted by atomic mass is 9.82. The van der Waals surface area contributed by atoms with E-state index in [2.05, 4.69) is 97.6 Å². The van der Waals surface area contributed by atoms with Crippen LogP contribution in [0.2, 0.25) is 0 Å². The van der Waals surface area contributed by atoms with Gasteiger partial charge in [-0.05, 0) is 70.1 Å². The Hall–Kier alpha value is -4.37. The third-order valence-electron chi connectivity index (χ3n) is 7.21. The lowest BCUT2D eigenvalue weighted by Gasteiger charge is -2.29. The van der Waals surface area contributed by atoms with Gasteiger partial charge in [-0.2, -0.15) is 0 Å². The molecule has 5 aromatic carbocycles. The fourth-order valence-corrected chi connectivity index (χ4v) is 5.41. The molecule has 0 heterocycles. The van der Waals surface area contributed by atoms with Crippen LogP contribution in [0.15, 0.2) is 109 Å². The summed E-state index contributed by atoms with van der Waals surface area (Å²) < 4.78 is 0. The quantitative estimate of drug-likeness (QED) is 0.296. The number of nitrogens with zero attached hydrogens (tertiary/aromatic N) is 1. The van der Waals surface area contributed by atoms with Crippen LogP contribution in [0.25, 0.3) is 21.9 Å². The summed E-state index contributed by atoms with van der Waals surface area (Å²) in [7, 11) is 0. The van der Waals surface area contributed by atoms with E-state index in [9.17, 15) is 9.90 Å². The number of rotatable bonds is 4. The van der Waals surface area contributed by atoms with Gasteiger partial charge in [-0.15, -0.1) is 0 Å². The number of hydrogen-bond acceptors (Lipinski definition) is 2. The first kappa shape index (κ1) is 21.2. The maximum absolute atomic E-state index is 11.5. The highest BCUT2D eigenvalue weighted by molar-refractivity contribution is 5.99. The Morgan fingerprint density at radius 1 is 0.686 bits per heavy atom. The third kappa shape index (κ3) is 3.31. The number of carbonyl (C=O) groups is 1. The predicted octanol–water partition coefficient (Wildman–Crippen LogP) is 8.31. The average Bonchev–Trinajstić information content (AvgIpc) is 3.11. The van der Waals surface area contributed by atoms with E-state index < -0.39 is 5.97 Å². The van der Waals surface area contributed by atoms with Crippen LogP contribution in [0.3, 0.4) is 0 Å². The van der Waals surface area contributed by atoms with Crippen molar-refractivity contribution in [3.8, 4) is 11.1 Å². The predicted molar refractivity (Wildman–Crippen MR) is 143 cm³/mol. The third-order valence-corrected chi connectivity index (χ3v) is 7.21. The summed E-state index contributed by atoms with van der Waals surface area (Å²) in [6, 6.07) is 37.1. The monoisotopic (exact) mass is 455 g/mol. The van der Waals surface area contributed by atoms with E-state index in [0.717, 1.165) is 27.8 Å². The largest absolute Gasteiger partial charge is 0.478 e. The van der Waals surface area contributed by atoms with E-state index in [1.165, 1.54) is 22.3 Å². The molecule has 0 fully saturated rings. The highest BCUT2D eigenvalue weighted by Gasteiger charge is 2.35. The minimum Gasteiger partial charge on any atom is -0.478 e. The van der Waals surface area contributed by atoms with Gasteiger partial charge < -0.3 is 10.0 Å². The summed E-state index contributed by atoms with van der Waals surface area (Å²) in [6.45, 7) is 4.57. The molecule has 3 nitrogen and oxygen atoms in total. The maximum atomic E-state index is 11.5. The lowest BCUT2D eigenvalue weighted by Crippen LogP contribution is -2.16. The molecule has 0 saturated heterocycles. The van der Waals surface area contributed by atoms with Crippen LogP contribution < -0.4 is 4.90 Å². The summed E-state index contributed by atoms with van der Waals surface area (Å²) in [6.07, 6.45) is 0. The van der Waals surface area contributed by atoms with Crippen LogP contribution in [0.1, 0.15) is 35.3 Å². The van der Waals surface area contributed by atoms with E-state index in [-0.39, 0.29) is 11.0 Å². The second-order valence-corrected chi connectivity index (χ2v) is 9.59. The number of carboxylic acids is 1. The number of hydrogen-bond donors (Lipinski definition) is 1. The molecule has 0 bridgehead atoms. The highest BCUT2D eigenvalue weighted by atomic mass is 16.4. The molecule has 0 unspecified atom stereocenters. The molecular formula is C32H25NO2. The second kappa shape index (κ2) is 7.85. The van der Waals surface area contributed by atoms with Crippen LogP contribution in [-0.2, 0) is 5.41 Å². The average molecular weight is 456 g/mol. The van der Waals surface area contributed by atoms with Gasteiger partial charge in [-0.1, -0.05) is 80.6 Å². The van der Waals surface area contributed by atoms with E-state index in [1.807, 2.05) is 18.2 Å². The van der Waals surface area contributed by atoms with Crippen LogP contribution in [0.5, 0.6) is 0 Å². The molecule has 170 valence electrons. The molecule has 5 aromatic rings. The van der Waals surface area contributed by atoms with E-state index >= 15 is 0 Å². The topological polar surface area (TPSA) is 40.5 Å². The Morgan fingerprint density at radius 3 is 2.14 bits per heavy atom. The first-order valence-corrected chi connectivity index (χ1v) is 11.8. The van der Waals surface area contributed by atoms with Crippen LogP contribution >= 0.6 is 0 Å². The standard InChI is InChI=1S/C32H25NO2/c1-32(2)28-12-6-5-11-26(28)27-19-18-24(20-29(27)32)33(23-16-14-22(15-17-23)31(34)35)30-13-7-9-21-8-3-4-10-25(21)30/h3-20H,1-2H3,(H,34,35). The molecule has 35 heavy (non-hydrogen) atoms. The second-order valence-electron chi connectivity index (χ2n) is 9.59. The van der Waals surface area contributed by atoms with Crippen molar-refractivity contribution >= 4 is 33.8 Å². The summed E-state index contributed by atoms with van der Waals surface area (Å²) >= 11 is 0. The molecule has 0 amide bonds. The zero-order chi connectivity index (χ0) is 24.2. The zero-order valence-electron chi connectivity index (χ0n) is 19.7. The Labute approximate surface area is 204 Å². The molecular weight excluding hydrogens is 430 g/mol. The fraction of sp³-hybridized carbons (Fsp3) is 0.0938. The van der Waals surface area contributed by atoms with Crippen molar-refractivity contribution in [3.63, 3.8) is 0 Å². The molecule has 3 heteroatoms. The van der Waals surface area contributed by atoms with E-state index in [0.29, 0.717) is 0 Å². The van der Waals surface area contributed by atoms with E-state index in [1.54, 1.807) is 12.1 Å². The molecule has 0 saturated carbocycles. The Balaban J connectivity index is 1.58. The van der Waals surface area contributed by atoms with Crippen molar-refractivity contribution < 1.29 is 9.90 Å². The fourth-order valence-electron chi connectivity index (χ4n) is 5.41. The van der Waals surface area contributed by atoms with Crippen molar-refractivity contribution in [1.82, 2.24) is 0 Å². The van der Waals surface area contributed by atoms with Crippen LogP contribution in [0, 0.1) is 0 Å². The van der Waals surface area contributed by atoms with Gasteiger partial charge in [0.2, 0.25) is 0 Å². The molecule has 0 radical (unpaired) electrons. The number of fused-ring (bicyclic) bond motifs is 4. The smallest absolute Gasteiger partial charge is 0.335 e. The summed E-state index contributed by atoms with van der Waals surface area (Å²) in [5.74, 6) is -0.926. The maximum Gasteiger partial charge on any atom is 0.335 e. The van der Waals surface area contributed by atoms with Gasteiger partial charge >= 0.3 is 5.97 Å². The van der Waals surface area contributed by atoms with Crippen molar-refractivity contribution in [1.29, 1.82) is 0 Å². The summed E-state index contributed by atoms with van der Waals surface area (Å²) in [4.78, 5) is 13.7. The SMILES string of the molecule is CC1(C)c2ccccc2-c2ccc(N(c3ccc(C(=O)O)cc3)c3cccc4ccccc34)cc21.